The van der Waals surface area contributed by atoms with E-state index in [0.29, 0.717) is 11.3 Å². The third-order valence-electron chi connectivity index (χ3n) is 6.04. The normalized spacial score (nSPS) is 11.9. The molecule has 0 aliphatic heterocycles. The number of carbonyl (C=O) groups is 3. The van der Waals surface area contributed by atoms with E-state index in [4.69, 9.17) is 9.15 Å². The first-order valence-electron chi connectivity index (χ1n) is 12.4. The number of amides is 2. The Hall–Kier alpha value is -4.79. The second-order valence-electron chi connectivity index (χ2n) is 9.90. The maximum atomic E-state index is 13.7. The second kappa shape index (κ2) is 12.2. The molecule has 0 saturated carbocycles. The summed E-state index contributed by atoms with van der Waals surface area (Å²) >= 11 is 0. The summed E-state index contributed by atoms with van der Waals surface area (Å²) in [7, 11) is 0. The molecule has 2 amide bonds. The summed E-state index contributed by atoms with van der Waals surface area (Å²) in [6.07, 6.45) is 5.44. The Bertz CT molecular complexity index is 1380. The molecule has 0 fully saturated rings. The number of rotatable bonds is 9. The van der Waals surface area contributed by atoms with Crippen molar-refractivity contribution in [3.8, 4) is 0 Å². The summed E-state index contributed by atoms with van der Waals surface area (Å²) < 4.78 is 10.3. The second-order valence-corrected chi connectivity index (χ2v) is 9.90. The van der Waals surface area contributed by atoms with Gasteiger partial charge in [-0.25, -0.2) is 4.98 Å². The fraction of sp³-hybridized carbons (Fsp3) is 0.233. The number of nitrogens with zero attached hydrogens (tertiary/aromatic N) is 3. The lowest BCUT2D eigenvalue weighted by atomic mass is 9.87. The maximum Gasteiger partial charge on any atom is 0.325 e. The van der Waals surface area contributed by atoms with Gasteiger partial charge < -0.3 is 14.5 Å². The smallest absolute Gasteiger partial charge is 0.325 e. The molecule has 0 radical (unpaired) electrons. The van der Waals surface area contributed by atoms with Crippen molar-refractivity contribution >= 4 is 23.5 Å². The molecule has 1 N–H and O–H groups in total. The van der Waals surface area contributed by atoms with Crippen LogP contribution in [0, 0.1) is 0 Å². The zero-order valence-electron chi connectivity index (χ0n) is 22.0. The third-order valence-corrected chi connectivity index (χ3v) is 6.04. The predicted octanol–water partition coefficient (Wildman–Crippen LogP) is 4.61. The van der Waals surface area contributed by atoms with Crippen LogP contribution in [0.3, 0.4) is 0 Å². The highest BCUT2D eigenvalue weighted by molar-refractivity contribution is 6.09. The van der Waals surface area contributed by atoms with Gasteiger partial charge in [-0.15, -0.1) is 0 Å². The molecule has 0 saturated heterocycles. The average Bonchev–Trinajstić information content (AvgIpc) is 3.49. The molecular formula is C30H30N4O5. The van der Waals surface area contributed by atoms with Gasteiger partial charge in [-0.3, -0.25) is 24.3 Å². The number of benzene rings is 2. The largest absolute Gasteiger partial charge is 0.460 e. The topological polar surface area (TPSA) is 115 Å². The van der Waals surface area contributed by atoms with Crippen molar-refractivity contribution in [1.82, 2.24) is 15.3 Å². The van der Waals surface area contributed by atoms with Crippen molar-refractivity contribution < 1.29 is 23.5 Å². The number of nitrogens with one attached hydrogen (secondary N) is 1. The molecule has 9 heteroatoms. The van der Waals surface area contributed by atoms with Crippen LogP contribution in [0.2, 0.25) is 0 Å². The zero-order chi connectivity index (χ0) is 27.8. The third kappa shape index (κ3) is 6.95. The average molecular weight is 527 g/mol. The number of aromatic nitrogens is 2. The molecule has 0 spiro atoms. The standard InChI is InChI=1S/C30H30N4O5/c1-30(2,3)23-11-13-24(14-12-23)34(29(37)25-19-38-20-33-25)27(22-10-7-15-31-16-22)28(36)32-17-26(35)39-18-21-8-5-4-6-9-21/h4-16,19-20,27H,17-18H2,1-3H3,(H,32,36). The van der Waals surface area contributed by atoms with Crippen LogP contribution >= 0.6 is 0 Å². The number of oxazole rings is 1. The van der Waals surface area contributed by atoms with Gasteiger partial charge >= 0.3 is 5.97 Å². The zero-order valence-corrected chi connectivity index (χ0v) is 22.0. The van der Waals surface area contributed by atoms with Crippen LogP contribution < -0.4 is 10.2 Å². The molecule has 2 aromatic carbocycles. The highest BCUT2D eigenvalue weighted by Gasteiger charge is 2.35. The van der Waals surface area contributed by atoms with E-state index in [2.05, 4.69) is 36.1 Å². The predicted molar refractivity (Wildman–Crippen MR) is 145 cm³/mol. The molecule has 2 heterocycles. The molecule has 200 valence electrons. The van der Waals surface area contributed by atoms with Crippen LogP contribution in [-0.2, 0) is 26.3 Å². The minimum absolute atomic E-state index is 0.0267. The lowest BCUT2D eigenvalue weighted by Gasteiger charge is -2.31. The highest BCUT2D eigenvalue weighted by atomic mass is 16.5. The van der Waals surface area contributed by atoms with Gasteiger partial charge in [0.25, 0.3) is 5.91 Å². The molecule has 4 rings (SSSR count). The molecule has 4 aromatic rings. The molecule has 1 atom stereocenters. The summed E-state index contributed by atoms with van der Waals surface area (Å²) in [4.78, 5) is 49.3. The number of pyridine rings is 1. The van der Waals surface area contributed by atoms with Crippen LogP contribution in [0.4, 0.5) is 5.69 Å². The van der Waals surface area contributed by atoms with E-state index in [0.717, 1.165) is 17.5 Å². The molecule has 1 unspecified atom stereocenters. The van der Waals surface area contributed by atoms with E-state index in [1.54, 1.807) is 30.5 Å². The van der Waals surface area contributed by atoms with E-state index in [-0.39, 0.29) is 24.3 Å². The SMILES string of the molecule is CC(C)(C)c1ccc(N(C(=O)c2cocn2)C(C(=O)NCC(=O)OCc2ccccc2)c2cccnc2)cc1. The quantitative estimate of drug-likeness (QED) is 0.317. The molecule has 0 aliphatic rings. The van der Waals surface area contributed by atoms with Crippen molar-refractivity contribution in [1.29, 1.82) is 0 Å². The highest BCUT2D eigenvalue weighted by Crippen LogP contribution is 2.31. The van der Waals surface area contributed by atoms with Crippen LogP contribution in [0.25, 0.3) is 0 Å². The lowest BCUT2D eigenvalue weighted by molar-refractivity contribution is -0.145. The molecule has 2 aromatic heterocycles. The van der Waals surface area contributed by atoms with Gasteiger partial charge in [-0.2, -0.15) is 0 Å². The van der Waals surface area contributed by atoms with Crippen molar-refractivity contribution in [2.45, 2.75) is 38.8 Å². The summed E-state index contributed by atoms with van der Waals surface area (Å²) in [5.41, 5.74) is 2.71. The number of ether oxygens (including phenoxy) is 1. The van der Waals surface area contributed by atoms with Crippen LogP contribution in [-0.4, -0.2) is 34.3 Å². The van der Waals surface area contributed by atoms with Gasteiger partial charge in [-0.05, 0) is 34.7 Å². The number of anilines is 1. The van der Waals surface area contributed by atoms with E-state index in [1.165, 1.54) is 17.4 Å². The molecule has 9 nitrogen and oxygen atoms in total. The first-order chi connectivity index (χ1) is 18.7. The summed E-state index contributed by atoms with van der Waals surface area (Å²) in [5, 5.41) is 2.62. The molecular weight excluding hydrogens is 496 g/mol. The summed E-state index contributed by atoms with van der Waals surface area (Å²) in [5.74, 6) is -1.75. The van der Waals surface area contributed by atoms with Crippen LogP contribution in [0.15, 0.2) is 96.2 Å². The maximum absolute atomic E-state index is 13.7. The first kappa shape index (κ1) is 27.3. The Balaban J connectivity index is 1.63. The monoisotopic (exact) mass is 526 g/mol. The molecule has 0 bridgehead atoms. The van der Waals surface area contributed by atoms with E-state index in [9.17, 15) is 14.4 Å². The Morgan fingerprint density at radius 1 is 1.00 bits per heavy atom. The molecule has 0 aliphatic carbocycles. The van der Waals surface area contributed by atoms with Gasteiger partial charge in [0, 0.05) is 23.6 Å². The van der Waals surface area contributed by atoms with Crippen molar-refractivity contribution in [3.05, 3.63) is 114 Å². The summed E-state index contributed by atoms with van der Waals surface area (Å²) in [6.45, 7) is 5.96. The van der Waals surface area contributed by atoms with Crippen molar-refractivity contribution in [2.24, 2.45) is 0 Å². The van der Waals surface area contributed by atoms with E-state index in [1.807, 2.05) is 42.5 Å². The van der Waals surface area contributed by atoms with Gasteiger partial charge in [-0.1, -0.05) is 69.3 Å². The van der Waals surface area contributed by atoms with E-state index >= 15 is 0 Å². The Morgan fingerprint density at radius 2 is 1.74 bits per heavy atom. The number of carbonyl (C=O) groups excluding carboxylic acids is 3. The van der Waals surface area contributed by atoms with Gasteiger partial charge in [0.05, 0.1) is 0 Å². The van der Waals surface area contributed by atoms with Crippen LogP contribution in [0.5, 0.6) is 0 Å². The van der Waals surface area contributed by atoms with Crippen LogP contribution in [0.1, 0.15) is 54.0 Å². The lowest BCUT2D eigenvalue weighted by Crippen LogP contribution is -2.45. The number of hydrogen-bond donors (Lipinski definition) is 1. The van der Waals surface area contributed by atoms with E-state index < -0.39 is 23.8 Å². The van der Waals surface area contributed by atoms with Gasteiger partial charge in [0.1, 0.15) is 25.5 Å². The fourth-order valence-corrected chi connectivity index (χ4v) is 3.95. The number of hydrogen-bond acceptors (Lipinski definition) is 7. The van der Waals surface area contributed by atoms with Gasteiger partial charge in [0.2, 0.25) is 5.91 Å². The van der Waals surface area contributed by atoms with Crippen molar-refractivity contribution in [2.75, 3.05) is 11.4 Å². The Labute approximate surface area is 226 Å². The summed E-state index contributed by atoms with van der Waals surface area (Å²) in [6, 6.07) is 18.8. The van der Waals surface area contributed by atoms with Crippen molar-refractivity contribution in [3.63, 3.8) is 0 Å². The minimum atomic E-state index is -1.16. The van der Waals surface area contributed by atoms with Gasteiger partial charge in [0.15, 0.2) is 12.1 Å². The molecule has 39 heavy (non-hydrogen) atoms. The Morgan fingerprint density at radius 3 is 2.36 bits per heavy atom. The number of esters is 1. The Kier molecular flexibility index (Phi) is 8.50. The first-order valence-corrected chi connectivity index (χ1v) is 12.4. The fourth-order valence-electron chi connectivity index (χ4n) is 3.95. The minimum Gasteiger partial charge on any atom is -0.460 e.